The molecule has 0 radical (unpaired) electrons. The number of nitrogens with zero attached hydrogens (tertiary/aromatic N) is 8. The molecule has 1 amide bonds. The summed E-state index contributed by atoms with van der Waals surface area (Å²) in [5, 5.41) is 9.18. The minimum Gasteiger partial charge on any atom is -0.491 e. The molecule has 0 bridgehead atoms. The Bertz CT molecular complexity index is 1500. The molecule has 198 valence electrons. The number of carbonyl (C=O) groups is 1. The van der Waals surface area contributed by atoms with Crippen molar-refractivity contribution in [1.29, 1.82) is 0 Å². The highest BCUT2D eigenvalue weighted by Gasteiger charge is 2.28. The van der Waals surface area contributed by atoms with Gasteiger partial charge in [0.05, 0.1) is 18.3 Å². The van der Waals surface area contributed by atoms with Gasteiger partial charge in [0.1, 0.15) is 29.7 Å². The number of aromatic nitrogens is 7. The molecular weight excluding hydrogens is 480 g/mol. The first-order valence-corrected chi connectivity index (χ1v) is 13.4. The lowest BCUT2D eigenvalue weighted by atomic mass is 9.89. The van der Waals surface area contributed by atoms with Gasteiger partial charge in [-0.25, -0.2) is 14.6 Å². The van der Waals surface area contributed by atoms with Crippen LogP contribution in [0.25, 0.3) is 34.0 Å². The number of benzene rings is 1. The lowest BCUT2D eigenvalue weighted by molar-refractivity contribution is -0.129. The Morgan fingerprint density at radius 3 is 2.61 bits per heavy atom. The number of hydrogen-bond acceptors (Lipinski definition) is 6. The van der Waals surface area contributed by atoms with E-state index in [1.807, 2.05) is 34.4 Å². The van der Waals surface area contributed by atoms with Crippen LogP contribution in [-0.2, 0) is 18.4 Å². The molecular formula is C28H34N8O2. The average Bonchev–Trinajstić information content (AvgIpc) is 3.58. The second kappa shape index (κ2) is 9.41. The van der Waals surface area contributed by atoms with E-state index < -0.39 is 0 Å². The quantitative estimate of drug-likeness (QED) is 0.405. The molecule has 0 spiro atoms. The van der Waals surface area contributed by atoms with Crippen molar-refractivity contribution < 1.29 is 9.53 Å². The van der Waals surface area contributed by atoms with Crippen molar-refractivity contribution in [3.05, 3.63) is 42.1 Å². The Balaban J connectivity index is 1.35. The SMILES string of the molecule is CC(=O)N1CCC(c2c(-c3ccc4c(c3)OCCn3cc(-c5nc(C)nn5C(C)C)nc3-4)cnn2C)CC1. The predicted octanol–water partition coefficient (Wildman–Crippen LogP) is 4.22. The van der Waals surface area contributed by atoms with Crippen molar-refractivity contribution in [3.63, 3.8) is 0 Å². The van der Waals surface area contributed by atoms with E-state index >= 15 is 0 Å². The molecule has 0 unspecified atom stereocenters. The molecule has 2 aliphatic rings. The molecule has 2 aliphatic heterocycles. The Morgan fingerprint density at radius 1 is 1.08 bits per heavy atom. The lowest BCUT2D eigenvalue weighted by Gasteiger charge is -2.32. The van der Waals surface area contributed by atoms with Crippen LogP contribution in [0.1, 0.15) is 57.1 Å². The maximum absolute atomic E-state index is 11.8. The third-order valence-corrected chi connectivity index (χ3v) is 7.67. The summed E-state index contributed by atoms with van der Waals surface area (Å²) in [6.07, 6.45) is 5.88. The minimum absolute atomic E-state index is 0.151. The number of ether oxygens (including phenoxy) is 1. The molecule has 0 N–H and O–H groups in total. The topological polar surface area (TPSA) is 95.9 Å². The third kappa shape index (κ3) is 4.17. The first kappa shape index (κ1) is 24.4. The monoisotopic (exact) mass is 514 g/mol. The molecule has 10 nitrogen and oxygen atoms in total. The highest BCUT2D eigenvalue weighted by Crippen LogP contribution is 2.40. The van der Waals surface area contributed by atoms with Crippen LogP contribution in [0.15, 0.2) is 30.6 Å². The zero-order valence-electron chi connectivity index (χ0n) is 22.7. The van der Waals surface area contributed by atoms with E-state index in [0.717, 1.165) is 71.5 Å². The van der Waals surface area contributed by atoms with Gasteiger partial charge in [-0.15, -0.1) is 0 Å². The summed E-state index contributed by atoms with van der Waals surface area (Å²) in [5.74, 6) is 3.73. The molecule has 1 aromatic carbocycles. The smallest absolute Gasteiger partial charge is 0.219 e. The van der Waals surface area contributed by atoms with Crippen LogP contribution in [0.3, 0.4) is 0 Å². The summed E-state index contributed by atoms with van der Waals surface area (Å²) in [4.78, 5) is 23.4. The van der Waals surface area contributed by atoms with Gasteiger partial charge in [-0.05, 0) is 51.3 Å². The largest absolute Gasteiger partial charge is 0.491 e. The van der Waals surface area contributed by atoms with Crippen LogP contribution in [0.5, 0.6) is 5.75 Å². The first-order valence-electron chi connectivity index (χ1n) is 13.4. The summed E-state index contributed by atoms with van der Waals surface area (Å²) in [6.45, 7) is 10.6. The molecule has 0 saturated carbocycles. The van der Waals surface area contributed by atoms with Crippen LogP contribution in [-0.4, -0.2) is 64.6 Å². The van der Waals surface area contributed by atoms with Gasteiger partial charge < -0.3 is 14.2 Å². The first-order chi connectivity index (χ1) is 18.3. The number of fused-ring (bicyclic) bond motifs is 3. The number of rotatable bonds is 4. The Hall–Kier alpha value is -3.95. The van der Waals surface area contributed by atoms with Gasteiger partial charge >= 0.3 is 0 Å². The van der Waals surface area contributed by atoms with Gasteiger partial charge in [0.15, 0.2) is 5.82 Å². The van der Waals surface area contributed by atoms with Gasteiger partial charge in [-0.2, -0.15) is 10.2 Å². The summed E-state index contributed by atoms with van der Waals surface area (Å²) >= 11 is 0. The van der Waals surface area contributed by atoms with Crippen molar-refractivity contribution in [2.45, 2.75) is 59.0 Å². The van der Waals surface area contributed by atoms with E-state index in [4.69, 9.17) is 9.72 Å². The molecule has 0 atom stereocenters. The number of aryl methyl sites for hydroxylation is 2. The number of likely N-dealkylation sites (tertiary alicyclic amines) is 1. The highest BCUT2D eigenvalue weighted by atomic mass is 16.5. The summed E-state index contributed by atoms with van der Waals surface area (Å²) in [5.41, 5.74) is 5.20. The van der Waals surface area contributed by atoms with Crippen LogP contribution in [0.4, 0.5) is 0 Å². The zero-order chi connectivity index (χ0) is 26.6. The highest BCUT2D eigenvalue weighted by molar-refractivity contribution is 5.76. The predicted molar refractivity (Wildman–Crippen MR) is 144 cm³/mol. The maximum Gasteiger partial charge on any atom is 0.219 e. The Morgan fingerprint density at radius 2 is 1.87 bits per heavy atom. The molecule has 1 fully saturated rings. The van der Waals surface area contributed by atoms with Gasteiger partial charge in [0, 0.05) is 56.5 Å². The van der Waals surface area contributed by atoms with Gasteiger partial charge in [0.2, 0.25) is 5.91 Å². The van der Waals surface area contributed by atoms with Crippen molar-refractivity contribution >= 4 is 5.91 Å². The minimum atomic E-state index is 0.151. The van der Waals surface area contributed by atoms with Gasteiger partial charge in [-0.1, -0.05) is 6.07 Å². The van der Waals surface area contributed by atoms with E-state index in [2.05, 4.69) is 58.0 Å². The molecule has 3 aromatic heterocycles. The van der Waals surface area contributed by atoms with E-state index in [9.17, 15) is 4.79 Å². The number of carbonyl (C=O) groups excluding carboxylic acids is 1. The Labute approximate surface area is 222 Å². The molecule has 4 aromatic rings. The number of hydrogen-bond donors (Lipinski definition) is 0. The third-order valence-electron chi connectivity index (χ3n) is 7.67. The molecule has 0 aliphatic carbocycles. The van der Waals surface area contributed by atoms with E-state index in [-0.39, 0.29) is 11.9 Å². The van der Waals surface area contributed by atoms with Crippen LogP contribution in [0.2, 0.25) is 0 Å². The van der Waals surface area contributed by atoms with E-state index in [1.165, 1.54) is 5.69 Å². The summed E-state index contributed by atoms with van der Waals surface area (Å²) in [7, 11) is 2.01. The fraction of sp³-hybridized carbons (Fsp3) is 0.464. The summed E-state index contributed by atoms with van der Waals surface area (Å²) in [6, 6.07) is 6.55. The maximum atomic E-state index is 11.8. The normalized spacial score (nSPS) is 15.8. The van der Waals surface area contributed by atoms with Crippen LogP contribution < -0.4 is 4.74 Å². The van der Waals surface area contributed by atoms with Crippen molar-refractivity contribution in [2.24, 2.45) is 7.05 Å². The molecule has 6 rings (SSSR count). The fourth-order valence-corrected chi connectivity index (χ4v) is 5.74. The standard InChI is InChI=1S/C28H34N8O2/c1-17(2)36-28(30-18(3)32-36)24-16-35-12-13-38-25-14-21(6-7-22(25)27(35)31-24)23-15-29-33(5)26(23)20-8-10-34(11-9-20)19(4)37/h6-7,14-17,20H,8-13H2,1-5H3. The summed E-state index contributed by atoms with van der Waals surface area (Å²) < 4.78 is 12.3. The Kier molecular flexibility index (Phi) is 6.04. The number of imidazole rings is 1. The van der Waals surface area contributed by atoms with Crippen LogP contribution >= 0.6 is 0 Å². The van der Waals surface area contributed by atoms with E-state index in [1.54, 1.807) is 6.92 Å². The molecule has 10 heteroatoms. The van der Waals surface area contributed by atoms with Gasteiger partial charge in [-0.3, -0.25) is 9.48 Å². The molecule has 1 saturated heterocycles. The lowest BCUT2D eigenvalue weighted by Crippen LogP contribution is -2.36. The fourth-order valence-electron chi connectivity index (χ4n) is 5.74. The van der Waals surface area contributed by atoms with Gasteiger partial charge in [0.25, 0.3) is 0 Å². The van der Waals surface area contributed by atoms with E-state index in [0.29, 0.717) is 19.1 Å². The molecule has 38 heavy (non-hydrogen) atoms. The van der Waals surface area contributed by atoms with Crippen molar-refractivity contribution in [3.8, 4) is 39.8 Å². The second-order valence-electron chi connectivity index (χ2n) is 10.6. The number of amides is 1. The second-order valence-corrected chi connectivity index (χ2v) is 10.6. The zero-order valence-corrected chi connectivity index (χ0v) is 22.7. The van der Waals surface area contributed by atoms with Crippen molar-refractivity contribution in [2.75, 3.05) is 19.7 Å². The average molecular weight is 515 g/mol. The number of piperidine rings is 1. The van der Waals surface area contributed by atoms with Crippen LogP contribution in [0, 0.1) is 6.92 Å². The molecule has 5 heterocycles. The van der Waals surface area contributed by atoms with Crippen molar-refractivity contribution in [1.82, 2.24) is 39.0 Å².